The molecule has 1 aliphatic heterocycles. The van der Waals surface area contributed by atoms with Crippen molar-refractivity contribution in [2.24, 2.45) is 0 Å². The Morgan fingerprint density at radius 1 is 1.15 bits per heavy atom. The maximum atomic E-state index is 13.2. The molecule has 4 rings (SSSR count). The molecule has 2 aromatic carbocycles. The van der Waals surface area contributed by atoms with Crippen molar-refractivity contribution in [3.63, 3.8) is 0 Å². The second-order valence-corrected chi connectivity index (χ2v) is 8.65. The molecule has 33 heavy (non-hydrogen) atoms. The van der Waals surface area contributed by atoms with Crippen molar-refractivity contribution in [1.29, 1.82) is 0 Å². The molecule has 174 valence electrons. The average Bonchev–Trinajstić information content (AvgIpc) is 2.83. The summed E-state index contributed by atoms with van der Waals surface area (Å²) in [7, 11) is 0. The van der Waals surface area contributed by atoms with E-state index in [2.05, 4.69) is 28.2 Å². The van der Waals surface area contributed by atoms with E-state index in [9.17, 15) is 9.59 Å². The van der Waals surface area contributed by atoms with E-state index in [1.165, 1.54) is 5.56 Å². The van der Waals surface area contributed by atoms with E-state index in [1.54, 1.807) is 29.2 Å². The number of halogens is 1. The fourth-order valence-corrected chi connectivity index (χ4v) is 4.05. The molecule has 0 bridgehead atoms. The highest BCUT2D eigenvalue weighted by Crippen LogP contribution is 2.17. The second kappa shape index (κ2) is 10.8. The summed E-state index contributed by atoms with van der Waals surface area (Å²) in [4.78, 5) is 32.9. The van der Waals surface area contributed by atoms with E-state index in [4.69, 9.17) is 16.3 Å². The Balaban J connectivity index is 1.56. The number of hydrogen-bond donors (Lipinski definition) is 2. The first-order valence-corrected chi connectivity index (χ1v) is 11.7. The SMILES string of the molecule is CCc1ccc2[nH]c(=O)c(CN(CCN3CCOCC3)C(=O)Nc3ccc(Cl)cc3)cc2c1. The molecule has 0 aliphatic carbocycles. The van der Waals surface area contributed by atoms with Crippen LogP contribution in [0.25, 0.3) is 10.9 Å². The first-order chi connectivity index (χ1) is 16.0. The number of aromatic amines is 1. The quantitative estimate of drug-likeness (QED) is 0.547. The minimum absolute atomic E-state index is 0.178. The van der Waals surface area contributed by atoms with Gasteiger partial charge >= 0.3 is 6.03 Å². The van der Waals surface area contributed by atoms with Crippen molar-refractivity contribution >= 4 is 34.2 Å². The Labute approximate surface area is 198 Å². The molecule has 1 aliphatic rings. The third-order valence-corrected chi connectivity index (χ3v) is 6.18. The number of pyridine rings is 1. The Bertz CT molecular complexity index is 1160. The lowest BCUT2D eigenvalue weighted by Gasteiger charge is -2.30. The van der Waals surface area contributed by atoms with Gasteiger partial charge in [0.1, 0.15) is 0 Å². The number of nitrogens with zero attached hydrogens (tertiary/aromatic N) is 2. The van der Waals surface area contributed by atoms with Crippen LogP contribution in [-0.2, 0) is 17.7 Å². The van der Waals surface area contributed by atoms with Gasteiger partial charge in [0, 0.05) is 48.0 Å². The number of urea groups is 1. The van der Waals surface area contributed by atoms with Crippen LogP contribution in [0, 0.1) is 0 Å². The molecule has 3 aromatic rings. The Kier molecular flexibility index (Phi) is 7.65. The molecule has 2 heterocycles. The molecular formula is C25H29ClN4O3. The van der Waals surface area contributed by atoms with Crippen molar-refractivity contribution in [2.75, 3.05) is 44.7 Å². The van der Waals surface area contributed by atoms with Crippen LogP contribution in [0.2, 0.25) is 5.02 Å². The number of aromatic nitrogens is 1. The Morgan fingerprint density at radius 2 is 1.91 bits per heavy atom. The van der Waals surface area contributed by atoms with Gasteiger partial charge in [0.15, 0.2) is 0 Å². The summed E-state index contributed by atoms with van der Waals surface area (Å²) >= 11 is 5.96. The summed E-state index contributed by atoms with van der Waals surface area (Å²) in [6.45, 7) is 6.58. The zero-order chi connectivity index (χ0) is 23.2. The van der Waals surface area contributed by atoms with Crippen LogP contribution in [0.15, 0.2) is 53.3 Å². The van der Waals surface area contributed by atoms with Gasteiger partial charge in [-0.05, 0) is 59.8 Å². The van der Waals surface area contributed by atoms with Gasteiger partial charge in [0.05, 0.1) is 19.8 Å². The zero-order valence-electron chi connectivity index (χ0n) is 18.8. The van der Waals surface area contributed by atoms with Crippen molar-refractivity contribution in [1.82, 2.24) is 14.8 Å². The predicted octanol–water partition coefficient (Wildman–Crippen LogP) is 4.11. The predicted molar refractivity (Wildman–Crippen MR) is 132 cm³/mol. The van der Waals surface area contributed by atoms with Gasteiger partial charge in [-0.15, -0.1) is 0 Å². The number of carbonyl (C=O) groups is 1. The van der Waals surface area contributed by atoms with Gasteiger partial charge < -0.3 is 19.9 Å². The third kappa shape index (κ3) is 6.13. The van der Waals surface area contributed by atoms with Crippen molar-refractivity contribution < 1.29 is 9.53 Å². The average molecular weight is 469 g/mol. The Morgan fingerprint density at radius 3 is 2.64 bits per heavy atom. The molecule has 0 radical (unpaired) electrons. The molecule has 8 heteroatoms. The number of benzene rings is 2. The molecule has 0 atom stereocenters. The van der Waals surface area contributed by atoms with Gasteiger partial charge in [-0.25, -0.2) is 4.79 Å². The normalized spacial score (nSPS) is 14.4. The first-order valence-electron chi connectivity index (χ1n) is 11.3. The number of carbonyl (C=O) groups excluding carboxylic acids is 1. The number of aryl methyl sites for hydroxylation is 1. The van der Waals surface area contributed by atoms with Crippen molar-refractivity contribution in [2.45, 2.75) is 19.9 Å². The standard InChI is InChI=1S/C25H29ClN4O3/c1-2-18-3-8-23-19(15-18)16-20(24(31)28-23)17-30(10-9-29-11-13-33-14-12-29)25(32)27-22-6-4-21(26)5-7-22/h3-8,15-16H,2,9-14,17H2,1H3,(H,27,32)(H,28,31). The number of anilines is 1. The maximum Gasteiger partial charge on any atom is 0.322 e. The highest BCUT2D eigenvalue weighted by Gasteiger charge is 2.19. The van der Waals surface area contributed by atoms with Gasteiger partial charge in [-0.1, -0.05) is 24.6 Å². The number of amides is 2. The second-order valence-electron chi connectivity index (χ2n) is 8.21. The van der Waals surface area contributed by atoms with E-state index in [1.807, 2.05) is 18.2 Å². The van der Waals surface area contributed by atoms with E-state index in [0.29, 0.717) is 42.6 Å². The van der Waals surface area contributed by atoms with E-state index >= 15 is 0 Å². The Hall–Kier alpha value is -2.87. The largest absolute Gasteiger partial charge is 0.379 e. The van der Waals surface area contributed by atoms with Crippen molar-refractivity contribution in [3.05, 3.63) is 75.0 Å². The summed E-state index contributed by atoms with van der Waals surface area (Å²) in [5.74, 6) is 0. The van der Waals surface area contributed by atoms with Crippen LogP contribution in [0.5, 0.6) is 0 Å². The zero-order valence-corrected chi connectivity index (χ0v) is 19.5. The van der Waals surface area contributed by atoms with Crippen LogP contribution >= 0.6 is 11.6 Å². The fourth-order valence-electron chi connectivity index (χ4n) is 3.92. The summed E-state index contributed by atoms with van der Waals surface area (Å²) in [6, 6.07) is 14.7. The molecule has 2 amide bonds. The summed E-state index contributed by atoms with van der Waals surface area (Å²) in [5.41, 5.74) is 3.03. The molecular weight excluding hydrogens is 440 g/mol. The highest BCUT2D eigenvalue weighted by molar-refractivity contribution is 6.30. The molecule has 1 saturated heterocycles. The highest BCUT2D eigenvalue weighted by atomic mass is 35.5. The minimum atomic E-state index is -0.257. The number of fused-ring (bicyclic) bond motifs is 1. The number of morpholine rings is 1. The number of nitrogens with one attached hydrogen (secondary N) is 2. The number of hydrogen-bond acceptors (Lipinski definition) is 4. The van der Waals surface area contributed by atoms with E-state index in [0.717, 1.165) is 30.4 Å². The van der Waals surface area contributed by atoms with E-state index in [-0.39, 0.29) is 18.1 Å². The molecule has 7 nitrogen and oxygen atoms in total. The van der Waals surface area contributed by atoms with Gasteiger partial charge in [0.2, 0.25) is 0 Å². The molecule has 0 unspecified atom stereocenters. The molecule has 0 spiro atoms. The summed E-state index contributed by atoms with van der Waals surface area (Å²) < 4.78 is 5.42. The van der Waals surface area contributed by atoms with Crippen molar-refractivity contribution in [3.8, 4) is 0 Å². The molecule has 2 N–H and O–H groups in total. The summed E-state index contributed by atoms with van der Waals surface area (Å²) in [5, 5.41) is 4.50. The minimum Gasteiger partial charge on any atom is -0.379 e. The number of ether oxygens (including phenoxy) is 1. The lowest BCUT2D eigenvalue weighted by molar-refractivity contribution is 0.0349. The van der Waals surface area contributed by atoms with Crippen LogP contribution in [0.1, 0.15) is 18.1 Å². The third-order valence-electron chi connectivity index (χ3n) is 5.93. The first kappa shape index (κ1) is 23.3. The lowest BCUT2D eigenvalue weighted by atomic mass is 10.1. The number of rotatable bonds is 7. The number of H-pyrrole nitrogens is 1. The van der Waals surface area contributed by atoms with Crippen LogP contribution in [0.3, 0.4) is 0 Å². The molecule has 1 fully saturated rings. The molecule has 1 aromatic heterocycles. The lowest BCUT2D eigenvalue weighted by Crippen LogP contribution is -2.44. The smallest absolute Gasteiger partial charge is 0.322 e. The fraction of sp³-hybridized carbons (Fsp3) is 0.360. The van der Waals surface area contributed by atoms with E-state index < -0.39 is 0 Å². The van der Waals surface area contributed by atoms with Crippen LogP contribution in [0.4, 0.5) is 10.5 Å². The van der Waals surface area contributed by atoms with Gasteiger partial charge in [-0.2, -0.15) is 0 Å². The molecule has 0 saturated carbocycles. The van der Waals surface area contributed by atoms with Crippen LogP contribution < -0.4 is 10.9 Å². The maximum absolute atomic E-state index is 13.2. The summed E-state index contributed by atoms with van der Waals surface area (Å²) in [6.07, 6.45) is 0.916. The monoisotopic (exact) mass is 468 g/mol. The van der Waals surface area contributed by atoms with Gasteiger partial charge in [-0.3, -0.25) is 9.69 Å². The van der Waals surface area contributed by atoms with Crippen LogP contribution in [-0.4, -0.2) is 60.2 Å². The topological polar surface area (TPSA) is 77.7 Å². The van der Waals surface area contributed by atoms with Gasteiger partial charge in [0.25, 0.3) is 5.56 Å².